The van der Waals surface area contributed by atoms with E-state index in [0.29, 0.717) is 0 Å². The van der Waals surface area contributed by atoms with Crippen molar-refractivity contribution < 1.29 is 58.2 Å². The summed E-state index contributed by atoms with van der Waals surface area (Å²) in [6.07, 6.45) is 0. The fourth-order valence-electron chi connectivity index (χ4n) is 1.44. The standard InChI is InChI=1S/C9H16N2O.Rb/c1-6-7(9(2,3)4)8(12)10-11(6)5;/h1-5H3,(H,10,12);/q;+1/p-1. The first-order chi connectivity index (χ1) is 5.34. The SMILES string of the molecule is Cc1c(C(C)(C)C)c(=O)[n-]n1C.[Rb+]. The van der Waals surface area contributed by atoms with Crippen LogP contribution in [0.4, 0.5) is 0 Å². The van der Waals surface area contributed by atoms with Gasteiger partial charge < -0.3 is 14.6 Å². The first-order valence-corrected chi connectivity index (χ1v) is 4.05. The van der Waals surface area contributed by atoms with E-state index in [0.717, 1.165) is 11.3 Å². The first kappa shape index (κ1) is 13.8. The van der Waals surface area contributed by atoms with Gasteiger partial charge in [0.2, 0.25) is 0 Å². The molecule has 0 fully saturated rings. The first-order valence-electron chi connectivity index (χ1n) is 4.05. The van der Waals surface area contributed by atoms with Crippen LogP contribution in [0.1, 0.15) is 32.0 Å². The third-order valence-electron chi connectivity index (χ3n) is 2.05. The normalized spacial score (nSPS) is 11.2. The van der Waals surface area contributed by atoms with Crippen LogP contribution in [0.5, 0.6) is 0 Å². The van der Waals surface area contributed by atoms with E-state index in [2.05, 4.69) is 5.10 Å². The van der Waals surface area contributed by atoms with Gasteiger partial charge in [-0.3, -0.25) is 0 Å². The fourth-order valence-corrected chi connectivity index (χ4v) is 1.44. The predicted octanol–water partition coefficient (Wildman–Crippen LogP) is -2.05. The van der Waals surface area contributed by atoms with Gasteiger partial charge in [0.1, 0.15) is 0 Å². The molecule has 0 saturated carbocycles. The molecule has 0 unspecified atom stereocenters. The molecule has 3 nitrogen and oxygen atoms in total. The van der Waals surface area contributed by atoms with Gasteiger partial charge in [-0.1, -0.05) is 20.8 Å². The molecule has 1 heterocycles. The summed E-state index contributed by atoms with van der Waals surface area (Å²) in [6, 6.07) is 0. The average molecular weight is 253 g/mol. The van der Waals surface area contributed by atoms with E-state index in [9.17, 15) is 4.79 Å². The van der Waals surface area contributed by atoms with Gasteiger partial charge in [0.15, 0.2) is 0 Å². The molecule has 4 heteroatoms. The van der Waals surface area contributed by atoms with Crippen molar-refractivity contribution >= 4 is 0 Å². The van der Waals surface area contributed by atoms with E-state index in [1.54, 1.807) is 11.7 Å². The smallest absolute Gasteiger partial charge is 0.560 e. The van der Waals surface area contributed by atoms with Gasteiger partial charge in [0.25, 0.3) is 0 Å². The van der Waals surface area contributed by atoms with Gasteiger partial charge in [-0.15, -0.1) is 0 Å². The molecule has 0 aliphatic rings. The Bertz CT molecular complexity index is 343. The summed E-state index contributed by atoms with van der Waals surface area (Å²) >= 11 is 0. The van der Waals surface area contributed by atoms with Crippen molar-refractivity contribution in [3.05, 3.63) is 21.6 Å². The van der Waals surface area contributed by atoms with Crippen molar-refractivity contribution in [1.82, 2.24) is 9.78 Å². The van der Waals surface area contributed by atoms with Gasteiger partial charge in [0, 0.05) is 11.3 Å². The summed E-state index contributed by atoms with van der Waals surface area (Å²) in [5.74, 6) is 0. The third kappa shape index (κ3) is 2.88. The Hall–Kier alpha value is 0.815. The molecular formula is C9H15N2ORb. The Balaban J connectivity index is 0.00000144. The number of hydrogen-bond donors (Lipinski definition) is 0. The van der Waals surface area contributed by atoms with Crippen LogP contribution in [-0.2, 0) is 12.5 Å². The summed E-state index contributed by atoms with van der Waals surface area (Å²) in [4.78, 5) is 11.4. The van der Waals surface area contributed by atoms with Crippen LogP contribution >= 0.6 is 0 Å². The number of nitrogens with zero attached hydrogens (tertiary/aromatic N) is 2. The number of rotatable bonds is 0. The molecule has 0 aliphatic carbocycles. The van der Waals surface area contributed by atoms with Crippen LogP contribution in [0.15, 0.2) is 4.79 Å². The van der Waals surface area contributed by atoms with Crippen molar-refractivity contribution in [2.75, 3.05) is 0 Å². The van der Waals surface area contributed by atoms with Crippen LogP contribution in [-0.4, -0.2) is 4.68 Å². The van der Waals surface area contributed by atoms with Crippen LogP contribution < -0.4 is 68.8 Å². The van der Waals surface area contributed by atoms with E-state index in [-0.39, 0.29) is 69.2 Å². The minimum atomic E-state index is -0.102. The molecule has 68 valence electrons. The second-order valence-electron chi connectivity index (χ2n) is 4.14. The molecule has 0 spiro atoms. The number of aromatic nitrogens is 2. The Morgan fingerprint density at radius 2 is 1.77 bits per heavy atom. The summed E-state index contributed by atoms with van der Waals surface area (Å²) in [6.45, 7) is 8.00. The summed E-state index contributed by atoms with van der Waals surface area (Å²) < 4.78 is 1.64. The fraction of sp³-hybridized carbons (Fsp3) is 0.667. The molecule has 0 saturated heterocycles. The average Bonchev–Trinajstić information content (AvgIpc) is 2.05. The van der Waals surface area contributed by atoms with E-state index >= 15 is 0 Å². The van der Waals surface area contributed by atoms with E-state index in [1.165, 1.54) is 0 Å². The Morgan fingerprint density at radius 1 is 1.31 bits per heavy atom. The molecule has 0 aromatic carbocycles. The van der Waals surface area contributed by atoms with Crippen molar-refractivity contribution in [2.24, 2.45) is 7.05 Å². The zero-order chi connectivity index (χ0) is 9.52. The Morgan fingerprint density at radius 3 is 1.92 bits per heavy atom. The molecule has 0 radical (unpaired) electrons. The Kier molecular flexibility index (Phi) is 4.84. The predicted molar refractivity (Wildman–Crippen MR) is 48.4 cm³/mol. The maximum atomic E-state index is 11.4. The van der Waals surface area contributed by atoms with Crippen molar-refractivity contribution in [2.45, 2.75) is 33.1 Å². The molecule has 0 aliphatic heterocycles. The van der Waals surface area contributed by atoms with E-state index < -0.39 is 0 Å². The maximum absolute atomic E-state index is 11.4. The Labute approximate surface area is 128 Å². The van der Waals surface area contributed by atoms with Gasteiger partial charge in [0.05, 0.1) is 5.56 Å². The molecule has 0 amide bonds. The minimum Gasteiger partial charge on any atom is -0.560 e. The van der Waals surface area contributed by atoms with Crippen LogP contribution in [0.2, 0.25) is 0 Å². The molecule has 0 atom stereocenters. The topological polar surface area (TPSA) is 36.1 Å². The van der Waals surface area contributed by atoms with E-state index in [1.807, 2.05) is 27.7 Å². The maximum Gasteiger partial charge on any atom is 1.00 e. The molecule has 1 aromatic heterocycles. The van der Waals surface area contributed by atoms with Gasteiger partial charge in [-0.05, 0) is 19.4 Å². The van der Waals surface area contributed by atoms with Crippen molar-refractivity contribution in [1.29, 1.82) is 0 Å². The quantitative estimate of drug-likeness (QED) is 0.533. The van der Waals surface area contributed by atoms with Gasteiger partial charge in [-0.25, -0.2) is 0 Å². The monoisotopic (exact) mass is 252 g/mol. The second kappa shape index (κ2) is 4.56. The van der Waals surface area contributed by atoms with Crippen LogP contribution in [0.25, 0.3) is 0 Å². The zero-order valence-electron chi connectivity index (χ0n) is 9.30. The molecule has 0 bridgehead atoms. The molecule has 13 heavy (non-hydrogen) atoms. The summed E-state index contributed by atoms with van der Waals surface area (Å²) in [7, 11) is 1.80. The molecule has 1 aromatic rings. The zero-order valence-corrected chi connectivity index (χ0v) is 14.2. The van der Waals surface area contributed by atoms with Crippen LogP contribution in [0.3, 0.4) is 0 Å². The van der Waals surface area contributed by atoms with E-state index in [4.69, 9.17) is 0 Å². The van der Waals surface area contributed by atoms with Gasteiger partial charge in [-0.2, -0.15) is 0 Å². The second-order valence-corrected chi connectivity index (χ2v) is 4.14. The van der Waals surface area contributed by atoms with Crippen molar-refractivity contribution in [3.63, 3.8) is 0 Å². The van der Waals surface area contributed by atoms with Crippen LogP contribution in [0, 0.1) is 6.92 Å². The largest absolute Gasteiger partial charge is 1.00 e. The number of aryl methyl sites for hydroxylation is 1. The molecular weight excluding hydrogens is 238 g/mol. The minimum absolute atomic E-state index is 0. The van der Waals surface area contributed by atoms with Gasteiger partial charge >= 0.3 is 58.2 Å². The third-order valence-corrected chi connectivity index (χ3v) is 2.05. The summed E-state index contributed by atoms with van der Waals surface area (Å²) in [5, 5.41) is 3.84. The molecule has 0 N–H and O–H groups in total. The number of hydrogen-bond acceptors (Lipinski definition) is 1. The van der Waals surface area contributed by atoms with Crippen molar-refractivity contribution in [3.8, 4) is 0 Å². The summed E-state index contributed by atoms with van der Waals surface area (Å²) in [5.41, 5.74) is 1.59. The molecule has 1 rings (SSSR count).